The highest BCUT2D eigenvalue weighted by atomic mass is 16.4. The SMILES string of the molecule is CC(C(=O)NCc1cccc(CC(N)C(=O)O)c1)c1cccc(C(=O)c2ccccc2)c1. The molecule has 32 heavy (non-hydrogen) atoms. The highest BCUT2D eigenvalue weighted by Crippen LogP contribution is 2.19. The van der Waals surface area contributed by atoms with Gasteiger partial charge < -0.3 is 16.2 Å². The summed E-state index contributed by atoms with van der Waals surface area (Å²) in [6, 6.07) is 22.5. The van der Waals surface area contributed by atoms with E-state index in [4.69, 9.17) is 10.8 Å². The van der Waals surface area contributed by atoms with E-state index in [1.165, 1.54) is 0 Å². The summed E-state index contributed by atoms with van der Waals surface area (Å²) in [6.07, 6.45) is 0.218. The summed E-state index contributed by atoms with van der Waals surface area (Å²) in [5, 5.41) is 11.9. The Labute approximate surface area is 187 Å². The summed E-state index contributed by atoms with van der Waals surface area (Å²) >= 11 is 0. The molecule has 0 heterocycles. The molecule has 6 heteroatoms. The maximum Gasteiger partial charge on any atom is 0.320 e. The molecule has 164 valence electrons. The molecule has 0 saturated carbocycles. The summed E-state index contributed by atoms with van der Waals surface area (Å²) in [5.41, 5.74) is 9.15. The molecule has 0 saturated heterocycles. The number of rotatable bonds is 9. The Morgan fingerprint density at radius 3 is 2.25 bits per heavy atom. The van der Waals surface area contributed by atoms with Gasteiger partial charge in [-0.3, -0.25) is 14.4 Å². The molecule has 0 bridgehead atoms. The van der Waals surface area contributed by atoms with E-state index < -0.39 is 17.9 Å². The number of ketones is 1. The van der Waals surface area contributed by atoms with Gasteiger partial charge in [-0.05, 0) is 36.1 Å². The van der Waals surface area contributed by atoms with Crippen molar-refractivity contribution in [1.29, 1.82) is 0 Å². The van der Waals surface area contributed by atoms with Crippen molar-refractivity contribution in [3.8, 4) is 0 Å². The zero-order chi connectivity index (χ0) is 23.1. The average molecular weight is 431 g/mol. The molecule has 0 radical (unpaired) electrons. The van der Waals surface area contributed by atoms with E-state index >= 15 is 0 Å². The van der Waals surface area contributed by atoms with E-state index in [-0.39, 0.29) is 18.1 Å². The van der Waals surface area contributed by atoms with Crippen molar-refractivity contribution in [2.75, 3.05) is 0 Å². The molecular formula is C26H26N2O4. The van der Waals surface area contributed by atoms with Crippen LogP contribution in [-0.4, -0.2) is 28.8 Å². The molecule has 2 atom stereocenters. The van der Waals surface area contributed by atoms with Crippen molar-refractivity contribution < 1.29 is 19.5 Å². The molecule has 0 aliphatic heterocycles. The van der Waals surface area contributed by atoms with Gasteiger partial charge in [0, 0.05) is 17.7 Å². The minimum Gasteiger partial charge on any atom is -0.480 e. The number of aliphatic carboxylic acids is 1. The van der Waals surface area contributed by atoms with Crippen LogP contribution < -0.4 is 11.1 Å². The highest BCUT2D eigenvalue weighted by Gasteiger charge is 2.18. The first kappa shape index (κ1) is 22.9. The maximum atomic E-state index is 12.7. The Bertz CT molecular complexity index is 1110. The van der Waals surface area contributed by atoms with E-state index in [0.717, 1.165) is 16.7 Å². The lowest BCUT2D eigenvalue weighted by molar-refractivity contribution is -0.138. The van der Waals surface area contributed by atoms with Crippen LogP contribution in [0.1, 0.15) is 45.5 Å². The molecule has 3 aromatic carbocycles. The summed E-state index contributed by atoms with van der Waals surface area (Å²) in [6.45, 7) is 2.10. The van der Waals surface area contributed by atoms with Crippen molar-refractivity contribution in [3.63, 3.8) is 0 Å². The quantitative estimate of drug-likeness (QED) is 0.451. The van der Waals surface area contributed by atoms with Gasteiger partial charge in [-0.25, -0.2) is 0 Å². The minimum absolute atomic E-state index is 0.0866. The van der Waals surface area contributed by atoms with Gasteiger partial charge in [0.2, 0.25) is 5.91 Å². The molecule has 0 aliphatic carbocycles. The van der Waals surface area contributed by atoms with E-state index in [0.29, 0.717) is 17.7 Å². The van der Waals surface area contributed by atoms with Gasteiger partial charge in [0.15, 0.2) is 5.78 Å². The number of amides is 1. The highest BCUT2D eigenvalue weighted by molar-refractivity contribution is 6.09. The number of carboxylic acids is 1. The van der Waals surface area contributed by atoms with E-state index in [1.54, 1.807) is 37.3 Å². The number of hydrogen-bond donors (Lipinski definition) is 3. The lowest BCUT2D eigenvalue weighted by Crippen LogP contribution is -2.32. The molecular weight excluding hydrogens is 404 g/mol. The molecule has 0 aromatic heterocycles. The predicted molar refractivity (Wildman–Crippen MR) is 122 cm³/mol. The molecule has 0 fully saturated rings. The van der Waals surface area contributed by atoms with E-state index in [9.17, 15) is 14.4 Å². The fraction of sp³-hybridized carbons (Fsp3) is 0.192. The standard InChI is InChI=1S/C26H26N2O4/c1-17(21-11-6-12-22(15-21)24(29)20-9-3-2-4-10-20)25(30)28-16-19-8-5-7-18(13-19)14-23(27)26(31)32/h2-13,15,17,23H,14,16,27H2,1H3,(H,28,30)(H,31,32). The number of nitrogens with one attached hydrogen (secondary N) is 1. The van der Waals surface area contributed by atoms with Crippen LogP contribution in [0.4, 0.5) is 0 Å². The fourth-order valence-corrected chi connectivity index (χ4v) is 3.41. The second-order valence-electron chi connectivity index (χ2n) is 7.73. The minimum atomic E-state index is -1.05. The van der Waals surface area contributed by atoms with Gasteiger partial charge in [0.25, 0.3) is 0 Å². The first-order chi connectivity index (χ1) is 15.3. The van der Waals surface area contributed by atoms with Crippen LogP contribution in [0.3, 0.4) is 0 Å². The molecule has 0 aliphatic rings. The third-order valence-electron chi connectivity index (χ3n) is 5.31. The third-order valence-corrected chi connectivity index (χ3v) is 5.31. The Hall–Kier alpha value is -3.77. The van der Waals surface area contributed by atoms with Gasteiger partial charge >= 0.3 is 5.97 Å². The molecule has 1 amide bonds. The van der Waals surface area contributed by atoms with Gasteiger partial charge in [0.05, 0.1) is 5.92 Å². The van der Waals surface area contributed by atoms with Crippen LogP contribution in [0, 0.1) is 0 Å². The number of hydrogen-bond acceptors (Lipinski definition) is 4. The number of benzene rings is 3. The number of carbonyl (C=O) groups is 3. The van der Waals surface area contributed by atoms with Crippen LogP contribution in [0.25, 0.3) is 0 Å². The van der Waals surface area contributed by atoms with Crippen LogP contribution >= 0.6 is 0 Å². The van der Waals surface area contributed by atoms with Gasteiger partial charge in [-0.2, -0.15) is 0 Å². The van der Waals surface area contributed by atoms with Crippen LogP contribution in [-0.2, 0) is 22.6 Å². The first-order valence-corrected chi connectivity index (χ1v) is 10.4. The molecule has 6 nitrogen and oxygen atoms in total. The van der Waals surface area contributed by atoms with Crippen LogP contribution in [0.15, 0.2) is 78.9 Å². The lowest BCUT2D eigenvalue weighted by Gasteiger charge is -2.14. The smallest absolute Gasteiger partial charge is 0.320 e. The average Bonchev–Trinajstić information content (AvgIpc) is 2.82. The first-order valence-electron chi connectivity index (χ1n) is 10.4. The van der Waals surface area contributed by atoms with Crippen LogP contribution in [0.2, 0.25) is 0 Å². The predicted octanol–water partition coefficient (Wildman–Crippen LogP) is 3.29. The van der Waals surface area contributed by atoms with Crippen molar-refractivity contribution in [2.45, 2.75) is 31.8 Å². The Morgan fingerprint density at radius 2 is 1.53 bits per heavy atom. The van der Waals surface area contributed by atoms with Crippen LogP contribution in [0.5, 0.6) is 0 Å². The third kappa shape index (κ3) is 5.89. The topological polar surface area (TPSA) is 109 Å². The fourth-order valence-electron chi connectivity index (χ4n) is 3.41. The number of nitrogens with two attached hydrogens (primary N) is 1. The van der Waals surface area contributed by atoms with Gasteiger partial charge in [-0.15, -0.1) is 0 Å². The van der Waals surface area contributed by atoms with E-state index in [2.05, 4.69) is 5.32 Å². The largest absolute Gasteiger partial charge is 0.480 e. The molecule has 0 spiro atoms. The monoisotopic (exact) mass is 430 g/mol. The second kappa shape index (κ2) is 10.5. The Morgan fingerprint density at radius 1 is 0.875 bits per heavy atom. The van der Waals surface area contributed by atoms with Crippen molar-refractivity contribution in [1.82, 2.24) is 5.32 Å². The van der Waals surface area contributed by atoms with Crippen molar-refractivity contribution in [3.05, 3.63) is 107 Å². The summed E-state index contributed by atoms with van der Waals surface area (Å²) in [5.74, 6) is -1.74. The lowest BCUT2D eigenvalue weighted by atomic mass is 9.95. The summed E-state index contributed by atoms with van der Waals surface area (Å²) in [7, 11) is 0. The normalized spacial score (nSPS) is 12.6. The zero-order valence-electron chi connectivity index (χ0n) is 17.8. The Kier molecular flexibility index (Phi) is 7.52. The number of carbonyl (C=O) groups excluding carboxylic acids is 2. The van der Waals surface area contributed by atoms with Crippen molar-refractivity contribution >= 4 is 17.7 Å². The van der Waals surface area contributed by atoms with Gasteiger partial charge in [0.1, 0.15) is 6.04 Å². The molecule has 2 unspecified atom stereocenters. The maximum absolute atomic E-state index is 12.7. The zero-order valence-corrected chi connectivity index (χ0v) is 17.8. The summed E-state index contributed by atoms with van der Waals surface area (Å²) < 4.78 is 0. The molecule has 4 N–H and O–H groups in total. The Balaban J connectivity index is 1.64. The molecule has 3 aromatic rings. The van der Waals surface area contributed by atoms with E-state index in [1.807, 2.05) is 48.5 Å². The number of carboxylic acid groups (broad SMARTS) is 1. The molecule has 3 rings (SSSR count). The van der Waals surface area contributed by atoms with Gasteiger partial charge in [-0.1, -0.05) is 72.8 Å². The second-order valence-corrected chi connectivity index (χ2v) is 7.73. The van der Waals surface area contributed by atoms with Crippen molar-refractivity contribution in [2.24, 2.45) is 5.73 Å². The summed E-state index contributed by atoms with van der Waals surface area (Å²) in [4.78, 5) is 36.4.